The number of allylic oxidation sites excluding steroid dienone is 1. The van der Waals surface area contributed by atoms with Gasteiger partial charge >= 0.3 is 0 Å². The Kier molecular flexibility index (Phi) is 13.3. The van der Waals surface area contributed by atoms with Crippen LogP contribution < -0.4 is 0 Å². The van der Waals surface area contributed by atoms with Crippen LogP contribution in [0.3, 0.4) is 0 Å². The van der Waals surface area contributed by atoms with E-state index in [9.17, 15) is 0 Å². The summed E-state index contributed by atoms with van der Waals surface area (Å²) in [5.74, 6) is 2.33. The molecule has 0 bridgehead atoms. The van der Waals surface area contributed by atoms with Crippen molar-refractivity contribution in [2.24, 2.45) is 0 Å². The summed E-state index contributed by atoms with van der Waals surface area (Å²) in [5.41, 5.74) is 0. The topological polar surface area (TPSA) is 0 Å². The SMILES string of the molecule is CCC/C=C/[P]CCCCCCCC. The summed E-state index contributed by atoms with van der Waals surface area (Å²) in [5, 5.41) is 0. The first-order chi connectivity index (χ1) is 6.91. The molecule has 0 aromatic rings. The molecule has 0 fully saturated rings. The molecule has 0 spiro atoms. The average Bonchev–Trinajstić information content (AvgIpc) is 2.21. The zero-order valence-electron chi connectivity index (χ0n) is 9.97. The first-order valence-electron chi connectivity index (χ1n) is 6.23. The van der Waals surface area contributed by atoms with Crippen molar-refractivity contribution in [3.63, 3.8) is 0 Å². The summed E-state index contributed by atoms with van der Waals surface area (Å²) in [6.45, 7) is 4.51. The fourth-order valence-electron chi connectivity index (χ4n) is 1.37. The van der Waals surface area contributed by atoms with E-state index in [4.69, 9.17) is 0 Å². The lowest BCUT2D eigenvalue weighted by molar-refractivity contribution is 0.626. The molecule has 0 saturated heterocycles. The minimum Gasteiger partial charge on any atom is -0.0837 e. The predicted molar refractivity (Wildman–Crippen MR) is 69.2 cm³/mol. The summed E-state index contributed by atoms with van der Waals surface area (Å²) in [6.07, 6.45) is 14.8. The number of hydrogen-bond donors (Lipinski definition) is 0. The molecule has 0 aliphatic heterocycles. The Balaban J connectivity index is 2.91. The molecular weight excluding hydrogens is 187 g/mol. The van der Waals surface area contributed by atoms with Crippen molar-refractivity contribution in [1.29, 1.82) is 0 Å². The van der Waals surface area contributed by atoms with Crippen LogP contribution in [0, 0.1) is 0 Å². The summed E-state index contributed by atoms with van der Waals surface area (Å²) >= 11 is 0. The predicted octanol–water partition coefficient (Wildman–Crippen LogP) is 5.61. The third-order valence-electron chi connectivity index (χ3n) is 2.31. The Morgan fingerprint density at radius 2 is 1.57 bits per heavy atom. The van der Waals surface area contributed by atoms with Gasteiger partial charge in [-0.1, -0.05) is 72.8 Å². The van der Waals surface area contributed by atoms with Crippen molar-refractivity contribution in [2.45, 2.75) is 65.2 Å². The van der Waals surface area contributed by atoms with Gasteiger partial charge in [0.05, 0.1) is 0 Å². The second-order valence-corrected chi connectivity index (χ2v) is 4.96. The zero-order valence-corrected chi connectivity index (χ0v) is 10.9. The van der Waals surface area contributed by atoms with Crippen molar-refractivity contribution in [1.82, 2.24) is 0 Å². The lowest BCUT2D eigenvalue weighted by Gasteiger charge is -1.98. The fraction of sp³-hybridized carbons (Fsp3) is 0.846. The van der Waals surface area contributed by atoms with Crippen LogP contribution in [0.2, 0.25) is 0 Å². The highest BCUT2D eigenvalue weighted by Gasteiger charge is 1.89. The van der Waals surface area contributed by atoms with E-state index < -0.39 is 0 Å². The molecule has 1 heteroatoms. The smallest absolute Gasteiger partial charge is 0.0250 e. The van der Waals surface area contributed by atoms with Crippen molar-refractivity contribution in [2.75, 3.05) is 6.16 Å². The molecule has 0 atom stereocenters. The maximum atomic E-state index is 2.33. The molecular formula is C13H26P. The Morgan fingerprint density at radius 1 is 0.857 bits per heavy atom. The highest BCUT2D eigenvalue weighted by atomic mass is 31.1. The summed E-state index contributed by atoms with van der Waals surface area (Å²) < 4.78 is 0. The number of unbranched alkanes of at least 4 members (excludes halogenated alkanes) is 6. The molecule has 0 amide bonds. The van der Waals surface area contributed by atoms with Crippen LogP contribution in [0.4, 0.5) is 0 Å². The van der Waals surface area contributed by atoms with E-state index in [1.54, 1.807) is 0 Å². The van der Waals surface area contributed by atoms with Gasteiger partial charge in [0.15, 0.2) is 0 Å². The van der Waals surface area contributed by atoms with E-state index in [0.29, 0.717) is 0 Å². The van der Waals surface area contributed by atoms with Gasteiger partial charge in [-0.15, -0.1) is 0 Å². The Morgan fingerprint density at radius 3 is 2.29 bits per heavy atom. The summed E-state index contributed by atoms with van der Waals surface area (Å²) in [6, 6.07) is 0. The first kappa shape index (κ1) is 14.2. The van der Waals surface area contributed by atoms with Gasteiger partial charge in [0.2, 0.25) is 0 Å². The van der Waals surface area contributed by atoms with Gasteiger partial charge in [-0.2, -0.15) is 0 Å². The molecule has 1 radical (unpaired) electrons. The van der Waals surface area contributed by atoms with Gasteiger partial charge in [0, 0.05) is 0 Å². The van der Waals surface area contributed by atoms with E-state index in [0.717, 1.165) is 0 Å². The molecule has 0 nitrogen and oxygen atoms in total. The van der Waals surface area contributed by atoms with E-state index in [2.05, 4.69) is 25.7 Å². The normalized spacial score (nSPS) is 12.1. The molecule has 0 heterocycles. The standard InChI is InChI=1S/C13H26P/c1-3-5-7-8-9-11-13-14-12-10-6-4-2/h10,12H,3-9,11,13H2,1-2H3/b12-10+. The molecule has 83 valence electrons. The Bertz CT molecular complexity index is 118. The van der Waals surface area contributed by atoms with E-state index >= 15 is 0 Å². The van der Waals surface area contributed by atoms with Crippen LogP contribution in [0.1, 0.15) is 65.2 Å². The van der Waals surface area contributed by atoms with Gasteiger partial charge in [-0.05, 0) is 19.0 Å². The third kappa shape index (κ3) is 12.2. The van der Waals surface area contributed by atoms with Crippen LogP contribution in [0.25, 0.3) is 0 Å². The molecule has 14 heavy (non-hydrogen) atoms. The average molecular weight is 213 g/mol. The molecule has 0 unspecified atom stereocenters. The van der Waals surface area contributed by atoms with Gasteiger partial charge in [-0.25, -0.2) is 0 Å². The van der Waals surface area contributed by atoms with Gasteiger partial charge in [0.1, 0.15) is 0 Å². The number of rotatable bonds is 10. The van der Waals surface area contributed by atoms with Crippen molar-refractivity contribution >= 4 is 8.58 Å². The molecule has 0 N–H and O–H groups in total. The molecule has 0 rings (SSSR count). The fourth-order valence-corrected chi connectivity index (χ4v) is 2.23. The lowest BCUT2D eigenvalue weighted by atomic mass is 10.1. The third-order valence-corrected chi connectivity index (χ3v) is 3.30. The van der Waals surface area contributed by atoms with Crippen molar-refractivity contribution in [3.8, 4) is 0 Å². The second kappa shape index (κ2) is 13.2. The van der Waals surface area contributed by atoms with Gasteiger partial charge < -0.3 is 0 Å². The molecule has 0 aromatic heterocycles. The summed E-state index contributed by atoms with van der Waals surface area (Å²) in [4.78, 5) is 0. The van der Waals surface area contributed by atoms with Gasteiger partial charge in [-0.3, -0.25) is 0 Å². The number of hydrogen-bond acceptors (Lipinski definition) is 0. The van der Waals surface area contributed by atoms with Crippen LogP contribution in [-0.2, 0) is 0 Å². The largest absolute Gasteiger partial charge is 0.0837 e. The minimum absolute atomic E-state index is 1.25. The van der Waals surface area contributed by atoms with E-state index in [1.165, 1.54) is 66.1 Å². The van der Waals surface area contributed by atoms with Crippen molar-refractivity contribution < 1.29 is 0 Å². The second-order valence-electron chi connectivity index (χ2n) is 3.85. The first-order valence-corrected chi connectivity index (χ1v) is 7.38. The summed E-state index contributed by atoms with van der Waals surface area (Å²) in [7, 11) is 1.53. The van der Waals surface area contributed by atoms with Crippen LogP contribution >= 0.6 is 8.58 Å². The highest BCUT2D eigenvalue weighted by molar-refractivity contribution is 7.41. The monoisotopic (exact) mass is 213 g/mol. The van der Waals surface area contributed by atoms with Crippen LogP contribution in [0.5, 0.6) is 0 Å². The highest BCUT2D eigenvalue weighted by Crippen LogP contribution is 2.16. The molecule has 0 saturated carbocycles. The minimum atomic E-state index is 1.25. The molecule has 0 aromatic carbocycles. The molecule has 0 aliphatic rings. The van der Waals surface area contributed by atoms with E-state index in [-0.39, 0.29) is 0 Å². The Hall–Kier alpha value is 0.170. The quantitative estimate of drug-likeness (QED) is 0.327. The maximum Gasteiger partial charge on any atom is -0.0250 e. The van der Waals surface area contributed by atoms with E-state index in [1.807, 2.05) is 0 Å². The lowest BCUT2D eigenvalue weighted by Crippen LogP contribution is -1.79. The zero-order chi connectivity index (χ0) is 10.5. The Labute approximate surface area is 92.3 Å². The van der Waals surface area contributed by atoms with Crippen LogP contribution in [-0.4, -0.2) is 6.16 Å². The van der Waals surface area contributed by atoms with Crippen LogP contribution in [0.15, 0.2) is 11.9 Å². The maximum absolute atomic E-state index is 2.33. The van der Waals surface area contributed by atoms with Crippen molar-refractivity contribution in [3.05, 3.63) is 11.9 Å². The molecule has 0 aliphatic carbocycles. The van der Waals surface area contributed by atoms with Gasteiger partial charge in [0.25, 0.3) is 0 Å².